The molecule has 4 aromatic rings. The zero-order valence-electron chi connectivity index (χ0n) is 51.2. The molecule has 82 heavy (non-hydrogen) atoms. The molecule has 0 aliphatic carbocycles. The number of carbonyl (C=O) groups is 2. The summed E-state index contributed by atoms with van der Waals surface area (Å²) >= 11 is 0. The van der Waals surface area contributed by atoms with Crippen LogP contribution in [0.25, 0.3) is 24.3 Å². The standard InChI is InChI=1S/4C14H22N2O.C6H10O8/c4*1-11(2)17-14-8-13(9-16-10-14)7-5-6-12(3)15-4;7-1(3(9)5(11)12)2(8)4(10)6(13)14/h4*5,7-12,15H,6H2,1-4H3;1-4,7-10H,(H,11,12)(H,13,14)/b4*7-5+;/t4*12-;1-,2+,3+,4-/m0000./s1. The average molecular weight is 1150 g/mol. The minimum absolute atomic E-state index is 0.181. The molecule has 458 valence electrons. The molecule has 0 aromatic carbocycles. The maximum atomic E-state index is 10.1. The maximum absolute atomic E-state index is 10.1. The van der Waals surface area contributed by atoms with Gasteiger partial charge < -0.3 is 70.9 Å². The summed E-state index contributed by atoms with van der Waals surface area (Å²) in [6.45, 7) is 24.7. The second-order valence-electron chi connectivity index (χ2n) is 20.3. The van der Waals surface area contributed by atoms with Crippen molar-refractivity contribution in [1.29, 1.82) is 0 Å². The molecule has 10 N–H and O–H groups in total. The lowest BCUT2D eigenvalue weighted by atomic mass is 10.0. The van der Waals surface area contributed by atoms with E-state index in [2.05, 4.69) is 118 Å². The lowest BCUT2D eigenvalue weighted by Gasteiger charge is -2.21. The van der Waals surface area contributed by atoms with Gasteiger partial charge in [-0.05, 0) is 183 Å². The number of carboxylic acids is 2. The highest BCUT2D eigenvalue weighted by molar-refractivity contribution is 5.75. The monoisotopic (exact) mass is 1150 g/mol. The summed E-state index contributed by atoms with van der Waals surface area (Å²) in [5.41, 5.74) is 4.30. The van der Waals surface area contributed by atoms with E-state index in [-0.39, 0.29) is 24.4 Å². The van der Waals surface area contributed by atoms with E-state index in [0.717, 1.165) is 70.9 Å². The second kappa shape index (κ2) is 44.0. The van der Waals surface area contributed by atoms with Crippen molar-refractivity contribution >= 4 is 36.2 Å². The Balaban J connectivity index is 0.00000100. The van der Waals surface area contributed by atoms with E-state index < -0.39 is 36.4 Å². The highest BCUT2D eigenvalue weighted by Crippen LogP contribution is 2.18. The van der Waals surface area contributed by atoms with E-state index in [9.17, 15) is 9.59 Å². The molecule has 0 radical (unpaired) electrons. The third kappa shape index (κ3) is 37.4. The summed E-state index contributed by atoms with van der Waals surface area (Å²) < 4.78 is 22.4. The van der Waals surface area contributed by atoms with Crippen LogP contribution in [-0.2, 0) is 9.59 Å². The van der Waals surface area contributed by atoms with Crippen LogP contribution in [0.3, 0.4) is 0 Å². The van der Waals surface area contributed by atoms with Gasteiger partial charge in [0, 0.05) is 49.0 Å². The van der Waals surface area contributed by atoms with Crippen molar-refractivity contribution in [3.8, 4) is 23.0 Å². The van der Waals surface area contributed by atoms with E-state index >= 15 is 0 Å². The van der Waals surface area contributed by atoms with Gasteiger partial charge in [0.05, 0.1) is 49.2 Å². The van der Waals surface area contributed by atoms with Crippen LogP contribution >= 0.6 is 0 Å². The Bertz CT molecular complexity index is 2140. The largest absolute Gasteiger partial charge is 0.489 e. The van der Waals surface area contributed by atoms with Crippen LogP contribution < -0.4 is 40.2 Å². The van der Waals surface area contributed by atoms with Crippen molar-refractivity contribution in [3.05, 3.63) is 120 Å². The molecule has 0 amide bonds. The van der Waals surface area contributed by atoms with Gasteiger partial charge in [-0.25, -0.2) is 9.59 Å². The number of nitrogens with zero attached hydrogens (tertiary/aromatic N) is 4. The SMILES string of the molecule is CN[C@@H](C)C/C=C/c1cncc(OC(C)C)c1.CN[C@@H](C)C/C=C/c1cncc(OC(C)C)c1.CN[C@@H](C)C/C=C/c1cncc(OC(C)C)c1.CN[C@@H](C)C/C=C/c1cncc(OC(C)C)c1.O=C(O)[C@@H](O)[C@H](O)[C@H](O)[C@@H](O)C(=O)O. The minimum atomic E-state index is -2.36. The first kappa shape index (κ1) is 75.4. The van der Waals surface area contributed by atoms with Crippen molar-refractivity contribution in [1.82, 2.24) is 41.2 Å². The Morgan fingerprint density at radius 1 is 0.390 bits per heavy atom. The van der Waals surface area contributed by atoms with Crippen LogP contribution in [0.4, 0.5) is 0 Å². The summed E-state index contributed by atoms with van der Waals surface area (Å²) in [6, 6.07) is 10.0. The molecule has 0 saturated heterocycles. The zero-order valence-corrected chi connectivity index (χ0v) is 51.2. The molecule has 20 nitrogen and oxygen atoms in total. The van der Waals surface area contributed by atoms with Gasteiger partial charge in [0.25, 0.3) is 0 Å². The van der Waals surface area contributed by atoms with Crippen molar-refractivity contribution in [2.24, 2.45) is 0 Å². The van der Waals surface area contributed by atoms with Crippen molar-refractivity contribution in [2.75, 3.05) is 28.2 Å². The Morgan fingerprint density at radius 2 is 0.585 bits per heavy atom. The van der Waals surface area contributed by atoms with E-state index in [1.165, 1.54) is 0 Å². The van der Waals surface area contributed by atoms with Gasteiger partial charge in [-0.2, -0.15) is 0 Å². The quantitative estimate of drug-likeness (QED) is 0.0245. The van der Waals surface area contributed by atoms with Gasteiger partial charge in [-0.1, -0.05) is 48.6 Å². The van der Waals surface area contributed by atoms with Gasteiger partial charge in [-0.15, -0.1) is 0 Å². The normalized spacial score (nSPS) is 14.3. The average Bonchev–Trinajstić information content (AvgIpc) is 3.42. The molecule has 0 aliphatic rings. The van der Waals surface area contributed by atoms with E-state index in [0.29, 0.717) is 24.2 Å². The fourth-order valence-electron chi connectivity index (χ4n) is 6.22. The van der Waals surface area contributed by atoms with Crippen molar-refractivity contribution < 1.29 is 59.2 Å². The van der Waals surface area contributed by atoms with Crippen molar-refractivity contribution in [2.45, 2.75) is 182 Å². The van der Waals surface area contributed by atoms with Gasteiger partial charge >= 0.3 is 11.9 Å². The predicted molar refractivity (Wildman–Crippen MR) is 328 cm³/mol. The number of hydrogen-bond donors (Lipinski definition) is 10. The number of carboxylic acid groups (broad SMARTS) is 2. The number of aliphatic hydroxyl groups excluding tert-OH is 4. The molecule has 0 bridgehead atoms. The first-order valence-corrected chi connectivity index (χ1v) is 27.7. The molecular formula is C62H98N8O12. The molecular weight excluding hydrogens is 1050 g/mol. The third-order valence-electron chi connectivity index (χ3n) is 11.1. The molecule has 4 rings (SSSR count). The topological polar surface area (TPSA) is 292 Å². The number of nitrogens with one attached hydrogen (secondary N) is 4. The summed E-state index contributed by atoms with van der Waals surface area (Å²) in [5.74, 6) is -0.386. The van der Waals surface area contributed by atoms with Crippen LogP contribution in [0.1, 0.15) is 131 Å². The second-order valence-corrected chi connectivity index (χ2v) is 20.3. The molecule has 8 atom stereocenters. The van der Waals surface area contributed by atoms with Crippen molar-refractivity contribution in [3.63, 3.8) is 0 Å². The third-order valence-corrected chi connectivity index (χ3v) is 11.1. The van der Waals surface area contributed by atoms with Gasteiger partial charge in [0.2, 0.25) is 0 Å². The summed E-state index contributed by atoms with van der Waals surface area (Å²) in [6.07, 6.45) is 26.7. The molecule has 0 saturated carbocycles. The lowest BCUT2D eigenvalue weighted by molar-refractivity contribution is -0.172. The van der Waals surface area contributed by atoms with Gasteiger partial charge in [-0.3, -0.25) is 19.9 Å². The highest BCUT2D eigenvalue weighted by Gasteiger charge is 2.37. The summed E-state index contributed by atoms with van der Waals surface area (Å²) in [5, 5.41) is 64.2. The number of aromatic nitrogens is 4. The molecule has 0 aliphatic heterocycles. The summed E-state index contributed by atoms with van der Waals surface area (Å²) in [7, 11) is 7.88. The maximum Gasteiger partial charge on any atom is 0.335 e. The lowest BCUT2D eigenvalue weighted by Crippen LogP contribution is -2.49. The number of rotatable bonds is 29. The van der Waals surface area contributed by atoms with Gasteiger partial charge in [0.1, 0.15) is 35.2 Å². The number of aliphatic carboxylic acids is 2. The Labute approximate surface area is 488 Å². The number of aliphatic hydroxyl groups is 4. The van der Waals surface area contributed by atoms with Crippen LogP contribution in [0.15, 0.2) is 98.1 Å². The van der Waals surface area contributed by atoms with Crippen LogP contribution in [-0.4, -0.2) is 164 Å². The first-order valence-electron chi connectivity index (χ1n) is 27.7. The Kier molecular flexibility index (Phi) is 40.5. The van der Waals surface area contributed by atoms with E-state index in [4.69, 9.17) is 49.6 Å². The number of pyridine rings is 4. The highest BCUT2D eigenvalue weighted by atomic mass is 16.5. The van der Waals surface area contributed by atoms with E-state index in [1.54, 1.807) is 24.8 Å². The van der Waals surface area contributed by atoms with E-state index in [1.807, 2.05) is 133 Å². The molecule has 20 heteroatoms. The Hall–Kier alpha value is -6.62. The predicted octanol–water partition coefficient (Wildman–Crippen LogP) is 8.12. The van der Waals surface area contributed by atoms with Crippen LogP contribution in [0.2, 0.25) is 0 Å². The molecule has 0 spiro atoms. The van der Waals surface area contributed by atoms with Crippen LogP contribution in [0.5, 0.6) is 23.0 Å². The Morgan fingerprint density at radius 3 is 0.744 bits per heavy atom. The smallest absolute Gasteiger partial charge is 0.335 e. The minimum Gasteiger partial charge on any atom is -0.489 e. The molecule has 0 fully saturated rings. The first-order chi connectivity index (χ1) is 38.7. The molecule has 4 heterocycles. The molecule has 4 aromatic heterocycles. The fraction of sp³-hybridized carbons (Fsp3) is 0.516. The number of ether oxygens (including phenoxy) is 4. The van der Waals surface area contributed by atoms with Gasteiger partial charge in [0.15, 0.2) is 12.2 Å². The number of hydrogen-bond acceptors (Lipinski definition) is 18. The van der Waals surface area contributed by atoms with Crippen LogP contribution in [0, 0.1) is 0 Å². The summed E-state index contributed by atoms with van der Waals surface area (Å²) in [4.78, 5) is 36.8. The molecule has 0 unspecified atom stereocenters. The zero-order chi connectivity index (χ0) is 62.2. The fourth-order valence-corrected chi connectivity index (χ4v) is 6.22.